The fourth-order valence-corrected chi connectivity index (χ4v) is 1.65. The lowest BCUT2D eigenvalue weighted by molar-refractivity contribution is 0.1000. The maximum absolute atomic E-state index is 13.2. The average Bonchev–Trinajstić information content (AvgIpc) is 2.37. The largest absolute Gasteiger partial charge is 0.366 e. The van der Waals surface area contributed by atoms with Crippen LogP contribution in [0, 0.1) is 5.82 Å². The highest BCUT2D eigenvalue weighted by molar-refractivity contribution is 5.97. The predicted molar refractivity (Wildman–Crippen MR) is 70.3 cm³/mol. The summed E-state index contributed by atoms with van der Waals surface area (Å²) in [6.07, 6.45) is 3.49. The standard InChI is InChI=1S/C15H12FNO/c16-13-8-9-14(15(17)18)12(10-13)7-6-11-4-2-1-3-5-11/h1-10H,(H2,17,18)/b7-6+. The summed E-state index contributed by atoms with van der Waals surface area (Å²) in [6.45, 7) is 0. The molecule has 0 bridgehead atoms. The van der Waals surface area contributed by atoms with Gasteiger partial charge in [-0.1, -0.05) is 42.5 Å². The van der Waals surface area contributed by atoms with Crippen LogP contribution in [0.25, 0.3) is 12.2 Å². The van der Waals surface area contributed by atoms with E-state index in [1.54, 1.807) is 12.2 Å². The number of hydrogen-bond donors (Lipinski definition) is 1. The smallest absolute Gasteiger partial charge is 0.249 e. The fourth-order valence-electron chi connectivity index (χ4n) is 1.65. The number of benzene rings is 2. The van der Waals surface area contributed by atoms with E-state index in [2.05, 4.69) is 0 Å². The van der Waals surface area contributed by atoms with Gasteiger partial charge in [-0.3, -0.25) is 4.79 Å². The Balaban J connectivity index is 2.36. The molecule has 0 aliphatic carbocycles. The first-order valence-corrected chi connectivity index (χ1v) is 5.49. The van der Waals surface area contributed by atoms with E-state index in [1.807, 2.05) is 30.3 Å². The minimum Gasteiger partial charge on any atom is -0.366 e. The van der Waals surface area contributed by atoms with Gasteiger partial charge in [0.1, 0.15) is 5.82 Å². The highest BCUT2D eigenvalue weighted by atomic mass is 19.1. The van der Waals surface area contributed by atoms with E-state index >= 15 is 0 Å². The van der Waals surface area contributed by atoms with Gasteiger partial charge in [0.15, 0.2) is 0 Å². The molecule has 0 aliphatic heterocycles. The summed E-state index contributed by atoms with van der Waals surface area (Å²) >= 11 is 0. The second-order valence-electron chi connectivity index (χ2n) is 3.84. The van der Waals surface area contributed by atoms with Crippen LogP contribution in [0.15, 0.2) is 48.5 Å². The quantitative estimate of drug-likeness (QED) is 0.824. The molecule has 0 fully saturated rings. The van der Waals surface area contributed by atoms with Crippen molar-refractivity contribution in [3.63, 3.8) is 0 Å². The number of carbonyl (C=O) groups excluding carboxylic acids is 1. The molecule has 0 saturated carbocycles. The summed E-state index contributed by atoms with van der Waals surface area (Å²) in [4.78, 5) is 11.2. The highest BCUT2D eigenvalue weighted by Gasteiger charge is 2.06. The Hall–Kier alpha value is -2.42. The number of primary amides is 1. The number of nitrogens with two attached hydrogens (primary N) is 1. The van der Waals surface area contributed by atoms with E-state index in [0.29, 0.717) is 11.1 Å². The maximum Gasteiger partial charge on any atom is 0.249 e. The molecule has 2 nitrogen and oxygen atoms in total. The van der Waals surface area contributed by atoms with E-state index in [1.165, 1.54) is 18.2 Å². The van der Waals surface area contributed by atoms with Crippen molar-refractivity contribution in [2.75, 3.05) is 0 Å². The number of rotatable bonds is 3. The zero-order chi connectivity index (χ0) is 13.0. The van der Waals surface area contributed by atoms with E-state index < -0.39 is 11.7 Å². The third kappa shape index (κ3) is 2.83. The van der Waals surface area contributed by atoms with Crippen molar-refractivity contribution in [2.45, 2.75) is 0 Å². The average molecular weight is 241 g/mol. The number of amides is 1. The van der Waals surface area contributed by atoms with Gasteiger partial charge in [0.05, 0.1) is 0 Å². The highest BCUT2D eigenvalue weighted by Crippen LogP contribution is 2.14. The Bertz CT molecular complexity index is 591. The molecule has 18 heavy (non-hydrogen) atoms. The van der Waals surface area contributed by atoms with Gasteiger partial charge < -0.3 is 5.73 Å². The monoisotopic (exact) mass is 241 g/mol. The molecule has 0 saturated heterocycles. The third-order valence-electron chi connectivity index (χ3n) is 2.53. The van der Waals surface area contributed by atoms with Crippen molar-refractivity contribution in [1.29, 1.82) is 0 Å². The number of halogens is 1. The first-order valence-electron chi connectivity index (χ1n) is 5.49. The molecule has 2 N–H and O–H groups in total. The van der Waals surface area contributed by atoms with Crippen molar-refractivity contribution in [3.05, 3.63) is 71.0 Å². The molecule has 2 aromatic carbocycles. The third-order valence-corrected chi connectivity index (χ3v) is 2.53. The van der Waals surface area contributed by atoms with Crippen LogP contribution < -0.4 is 5.73 Å². The van der Waals surface area contributed by atoms with Gasteiger partial charge in [0.25, 0.3) is 0 Å². The predicted octanol–water partition coefficient (Wildman–Crippen LogP) is 3.10. The Morgan fingerprint density at radius 1 is 1.06 bits per heavy atom. The Kier molecular flexibility index (Phi) is 3.53. The van der Waals surface area contributed by atoms with Crippen molar-refractivity contribution < 1.29 is 9.18 Å². The maximum atomic E-state index is 13.2. The van der Waals surface area contributed by atoms with Crippen LogP contribution in [-0.4, -0.2) is 5.91 Å². The number of carbonyl (C=O) groups is 1. The van der Waals surface area contributed by atoms with Gasteiger partial charge in [-0.2, -0.15) is 0 Å². The van der Waals surface area contributed by atoms with Crippen LogP contribution in [0.3, 0.4) is 0 Å². The minimum absolute atomic E-state index is 0.309. The molecule has 0 radical (unpaired) electrons. The zero-order valence-electron chi connectivity index (χ0n) is 9.64. The molecule has 0 spiro atoms. The summed E-state index contributed by atoms with van der Waals surface area (Å²) in [5.74, 6) is -0.963. The molecule has 90 valence electrons. The van der Waals surface area contributed by atoms with Gasteiger partial charge in [-0.05, 0) is 29.3 Å². The fraction of sp³-hybridized carbons (Fsp3) is 0. The normalized spacial score (nSPS) is 10.7. The van der Waals surface area contributed by atoms with Crippen LogP contribution >= 0.6 is 0 Å². The van der Waals surface area contributed by atoms with Crippen molar-refractivity contribution in [3.8, 4) is 0 Å². The first kappa shape index (κ1) is 12.0. The molecule has 0 unspecified atom stereocenters. The van der Waals surface area contributed by atoms with E-state index in [0.717, 1.165) is 5.56 Å². The lowest BCUT2D eigenvalue weighted by Gasteiger charge is -2.02. The molecule has 2 rings (SSSR count). The zero-order valence-corrected chi connectivity index (χ0v) is 9.64. The van der Waals surface area contributed by atoms with Gasteiger partial charge in [-0.15, -0.1) is 0 Å². The summed E-state index contributed by atoms with van der Waals surface area (Å²) < 4.78 is 13.2. The minimum atomic E-state index is -0.567. The van der Waals surface area contributed by atoms with Crippen LogP contribution in [0.5, 0.6) is 0 Å². The summed E-state index contributed by atoms with van der Waals surface area (Å²) in [7, 11) is 0. The topological polar surface area (TPSA) is 43.1 Å². The SMILES string of the molecule is NC(=O)c1ccc(F)cc1/C=C/c1ccccc1. The van der Waals surface area contributed by atoms with Crippen LogP contribution in [-0.2, 0) is 0 Å². The van der Waals surface area contributed by atoms with Crippen LogP contribution in [0.1, 0.15) is 21.5 Å². The molecule has 0 aromatic heterocycles. The summed E-state index contributed by atoms with van der Waals surface area (Å²) in [5.41, 5.74) is 6.99. The van der Waals surface area contributed by atoms with Gasteiger partial charge in [0.2, 0.25) is 5.91 Å². The lowest BCUT2D eigenvalue weighted by Crippen LogP contribution is -2.12. The molecule has 0 atom stereocenters. The molecule has 0 aliphatic rings. The van der Waals surface area contributed by atoms with Gasteiger partial charge in [0, 0.05) is 5.56 Å². The van der Waals surface area contributed by atoms with Crippen molar-refractivity contribution in [2.24, 2.45) is 5.73 Å². The first-order chi connectivity index (χ1) is 8.66. The van der Waals surface area contributed by atoms with Crippen LogP contribution in [0.4, 0.5) is 4.39 Å². The summed E-state index contributed by atoms with van der Waals surface area (Å²) in [5, 5.41) is 0. The van der Waals surface area contributed by atoms with E-state index in [9.17, 15) is 9.18 Å². The number of hydrogen-bond acceptors (Lipinski definition) is 1. The van der Waals surface area contributed by atoms with Crippen LogP contribution in [0.2, 0.25) is 0 Å². The van der Waals surface area contributed by atoms with Gasteiger partial charge in [-0.25, -0.2) is 4.39 Å². The molecule has 2 aromatic rings. The Labute approximate surface area is 105 Å². The molecule has 1 amide bonds. The van der Waals surface area contributed by atoms with Crippen molar-refractivity contribution in [1.82, 2.24) is 0 Å². The lowest BCUT2D eigenvalue weighted by atomic mass is 10.1. The molecular formula is C15H12FNO. The van der Waals surface area contributed by atoms with Crippen molar-refractivity contribution >= 4 is 18.1 Å². The van der Waals surface area contributed by atoms with E-state index in [-0.39, 0.29) is 0 Å². The second kappa shape index (κ2) is 5.27. The Morgan fingerprint density at radius 3 is 2.44 bits per heavy atom. The summed E-state index contributed by atoms with van der Waals surface area (Å²) in [6, 6.07) is 13.5. The second-order valence-corrected chi connectivity index (χ2v) is 3.84. The van der Waals surface area contributed by atoms with Gasteiger partial charge >= 0.3 is 0 Å². The molecule has 0 heterocycles. The Morgan fingerprint density at radius 2 is 1.78 bits per heavy atom. The van der Waals surface area contributed by atoms with E-state index in [4.69, 9.17) is 5.73 Å². The molecular weight excluding hydrogens is 229 g/mol. The molecule has 3 heteroatoms.